The summed E-state index contributed by atoms with van der Waals surface area (Å²) < 4.78 is 0. The van der Waals surface area contributed by atoms with Crippen LogP contribution in [-0.2, 0) is 0 Å². The summed E-state index contributed by atoms with van der Waals surface area (Å²) in [5.74, 6) is 1.39. The number of nitrogens with zero attached hydrogens (tertiary/aromatic N) is 1. The molecule has 0 aliphatic heterocycles. The standard InChI is InChI=1S/C31H41N4OP/c1-5-6-7-16-34-17-18-35-31(36)25-12-15-29(32)28(21-25)30(33)24-10-13-26(14-11-24)37(4)27-19-22(2)8-9-23(3)20-27/h5-7,10-16,21-23,27,33H,1,8-9,17-20,32H2,2-4H3,(H,35,36)/b7-6-,33-30?,34-16?. The molecule has 5 nitrogen and oxygen atoms in total. The average molecular weight is 517 g/mol. The van der Waals surface area contributed by atoms with Crippen molar-refractivity contribution < 1.29 is 4.79 Å². The molecule has 1 amide bonds. The van der Waals surface area contributed by atoms with Gasteiger partial charge in [-0.1, -0.05) is 77.6 Å². The number of hydrogen-bond donors (Lipinski definition) is 3. The van der Waals surface area contributed by atoms with E-state index in [4.69, 9.17) is 11.1 Å². The minimum absolute atomic E-state index is 0.204. The van der Waals surface area contributed by atoms with Gasteiger partial charge in [-0.25, -0.2) is 0 Å². The lowest BCUT2D eigenvalue weighted by atomic mass is 9.98. The number of benzene rings is 2. The molecule has 2 aromatic carbocycles. The Bertz CT molecular complexity index is 1130. The number of aliphatic imine (C=N–C) groups is 1. The number of hydrogen-bond acceptors (Lipinski definition) is 4. The van der Waals surface area contributed by atoms with E-state index in [1.807, 2.05) is 12.1 Å². The highest BCUT2D eigenvalue weighted by molar-refractivity contribution is 7.65. The fourth-order valence-electron chi connectivity index (χ4n) is 4.89. The van der Waals surface area contributed by atoms with Crippen LogP contribution >= 0.6 is 7.92 Å². The van der Waals surface area contributed by atoms with Gasteiger partial charge >= 0.3 is 0 Å². The molecule has 0 aromatic heterocycles. The first-order chi connectivity index (χ1) is 17.8. The monoisotopic (exact) mass is 516 g/mol. The second-order valence-corrected chi connectivity index (χ2v) is 12.6. The third kappa shape index (κ3) is 8.23. The van der Waals surface area contributed by atoms with Gasteiger partial charge in [0.25, 0.3) is 5.91 Å². The number of carbonyl (C=O) groups is 1. The zero-order valence-electron chi connectivity index (χ0n) is 22.4. The highest BCUT2D eigenvalue weighted by atomic mass is 31.1. The van der Waals surface area contributed by atoms with E-state index in [0.717, 1.165) is 23.1 Å². The molecule has 3 rings (SSSR count). The van der Waals surface area contributed by atoms with Crippen molar-refractivity contribution in [3.63, 3.8) is 0 Å². The number of nitrogens with two attached hydrogens (primary N) is 1. The summed E-state index contributed by atoms with van der Waals surface area (Å²) in [5.41, 5.74) is 9.65. The number of nitrogens with one attached hydrogen (secondary N) is 2. The Morgan fingerprint density at radius 3 is 2.41 bits per heavy atom. The van der Waals surface area contributed by atoms with Gasteiger partial charge in [0.2, 0.25) is 0 Å². The predicted molar refractivity (Wildman–Crippen MR) is 161 cm³/mol. The summed E-state index contributed by atoms with van der Waals surface area (Å²) in [6.07, 6.45) is 12.3. The number of anilines is 1. The van der Waals surface area contributed by atoms with E-state index in [2.05, 4.69) is 49.5 Å². The molecule has 196 valence electrons. The number of rotatable bonds is 10. The second-order valence-electron chi connectivity index (χ2n) is 10.2. The van der Waals surface area contributed by atoms with Gasteiger partial charge in [0.15, 0.2) is 0 Å². The predicted octanol–water partition coefficient (Wildman–Crippen LogP) is 6.18. The fraction of sp³-hybridized carbons (Fsp3) is 0.387. The van der Waals surface area contributed by atoms with E-state index in [0.29, 0.717) is 35.6 Å². The van der Waals surface area contributed by atoms with E-state index in [9.17, 15) is 4.79 Å². The molecule has 6 heteroatoms. The van der Waals surface area contributed by atoms with Gasteiger partial charge in [-0.3, -0.25) is 15.2 Å². The second kappa shape index (κ2) is 14.0. The van der Waals surface area contributed by atoms with Crippen LogP contribution in [0.15, 0.2) is 72.3 Å². The maximum atomic E-state index is 12.6. The van der Waals surface area contributed by atoms with Crippen molar-refractivity contribution in [3.05, 3.63) is 84.0 Å². The van der Waals surface area contributed by atoms with Gasteiger partial charge in [0, 0.05) is 35.1 Å². The van der Waals surface area contributed by atoms with Crippen molar-refractivity contribution in [2.75, 3.05) is 25.5 Å². The lowest BCUT2D eigenvalue weighted by Gasteiger charge is -2.26. The molecule has 0 radical (unpaired) electrons. The molecule has 1 fully saturated rings. The lowest BCUT2D eigenvalue weighted by Crippen LogP contribution is -2.26. The molecule has 1 aliphatic carbocycles. The molecule has 37 heavy (non-hydrogen) atoms. The molecule has 0 spiro atoms. The lowest BCUT2D eigenvalue weighted by molar-refractivity contribution is 0.0955. The van der Waals surface area contributed by atoms with E-state index in [1.54, 1.807) is 42.6 Å². The van der Waals surface area contributed by atoms with Gasteiger partial charge in [-0.15, -0.1) is 0 Å². The third-order valence-electron chi connectivity index (χ3n) is 7.16. The van der Waals surface area contributed by atoms with E-state index in [-0.39, 0.29) is 13.8 Å². The van der Waals surface area contributed by atoms with Crippen molar-refractivity contribution in [1.82, 2.24) is 5.32 Å². The van der Waals surface area contributed by atoms with E-state index >= 15 is 0 Å². The summed E-state index contributed by atoms with van der Waals surface area (Å²) in [4.78, 5) is 16.9. The smallest absolute Gasteiger partial charge is 0.251 e. The molecular formula is C31H41N4OP. The van der Waals surface area contributed by atoms with Crippen LogP contribution in [0.25, 0.3) is 0 Å². The van der Waals surface area contributed by atoms with Crippen molar-refractivity contribution in [1.29, 1.82) is 5.41 Å². The summed E-state index contributed by atoms with van der Waals surface area (Å²) >= 11 is 0. The Hall–Kier alpha value is -3.04. The molecule has 1 saturated carbocycles. The van der Waals surface area contributed by atoms with Crippen LogP contribution in [0.3, 0.4) is 0 Å². The zero-order valence-corrected chi connectivity index (χ0v) is 23.3. The molecule has 3 atom stereocenters. The van der Waals surface area contributed by atoms with Crippen LogP contribution in [0.2, 0.25) is 0 Å². The van der Waals surface area contributed by atoms with Crippen molar-refractivity contribution >= 4 is 36.7 Å². The van der Waals surface area contributed by atoms with Crippen LogP contribution in [0.1, 0.15) is 61.0 Å². The molecular weight excluding hydrogens is 475 g/mol. The van der Waals surface area contributed by atoms with Crippen LogP contribution in [0.4, 0.5) is 5.69 Å². The number of nitrogen functional groups attached to an aromatic ring is 1. The molecule has 0 bridgehead atoms. The van der Waals surface area contributed by atoms with E-state index in [1.165, 1.54) is 31.0 Å². The normalized spacial score (nSPS) is 21.0. The zero-order chi connectivity index (χ0) is 26.8. The summed E-state index contributed by atoms with van der Waals surface area (Å²) in [6, 6.07) is 13.5. The van der Waals surface area contributed by atoms with Gasteiger partial charge in [-0.05, 0) is 66.6 Å². The van der Waals surface area contributed by atoms with Crippen LogP contribution in [-0.4, -0.2) is 43.2 Å². The highest BCUT2D eigenvalue weighted by Crippen LogP contribution is 2.45. The quantitative estimate of drug-likeness (QED) is 0.0879. The van der Waals surface area contributed by atoms with Crippen LogP contribution in [0.5, 0.6) is 0 Å². The van der Waals surface area contributed by atoms with E-state index < -0.39 is 0 Å². The summed E-state index contributed by atoms with van der Waals surface area (Å²) in [7, 11) is -0.248. The Morgan fingerprint density at radius 1 is 1.11 bits per heavy atom. The minimum atomic E-state index is -0.248. The number of amides is 1. The molecule has 0 saturated heterocycles. The molecule has 2 aromatic rings. The van der Waals surface area contributed by atoms with Gasteiger partial charge in [0.1, 0.15) is 0 Å². The fourth-order valence-corrected chi connectivity index (χ4v) is 7.28. The van der Waals surface area contributed by atoms with Crippen molar-refractivity contribution in [3.8, 4) is 0 Å². The van der Waals surface area contributed by atoms with Crippen LogP contribution in [0, 0.1) is 17.2 Å². The molecule has 1 aliphatic rings. The number of allylic oxidation sites excluding steroid dienone is 3. The van der Waals surface area contributed by atoms with Crippen molar-refractivity contribution in [2.45, 2.75) is 45.2 Å². The Labute approximate surface area is 223 Å². The molecule has 4 N–H and O–H groups in total. The maximum absolute atomic E-state index is 12.6. The topological polar surface area (TPSA) is 91.3 Å². The minimum Gasteiger partial charge on any atom is -0.398 e. The largest absolute Gasteiger partial charge is 0.398 e. The third-order valence-corrected chi connectivity index (χ3v) is 9.79. The van der Waals surface area contributed by atoms with Gasteiger partial charge < -0.3 is 11.1 Å². The SMILES string of the molecule is C=C/C=C\C=NCCNC(=O)c1ccc(N)c(C(=N)c2ccc(P(C)C3CC(C)CCC(C)C3)cc2)c1. The molecule has 3 unspecified atom stereocenters. The first-order valence-electron chi connectivity index (χ1n) is 13.2. The molecule has 0 heterocycles. The Morgan fingerprint density at radius 2 is 1.76 bits per heavy atom. The highest BCUT2D eigenvalue weighted by Gasteiger charge is 2.26. The van der Waals surface area contributed by atoms with Crippen LogP contribution < -0.4 is 16.4 Å². The summed E-state index contributed by atoms with van der Waals surface area (Å²) in [5, 5.41) is 13.1. The van der Waals surface area contributed by atoms with Crippen molar-refractivity contribution in [2.24, 2.45) is 16.8 Å². The van der Waals surface area contributed by atoms with Gasteiger partial charge in [0.05, 0.1) is 12.3 Å². The first kappa shape index (κ1) is 28.5. The first-order valence-corrected chi connectivity index (χ1v) is 15.0. The average Bonchev–Trinajstić information content (AvgIpc) is 3.07. The van der Waals surface area contributed by atoms with Gasteiger partial charge in [-0.2, -0.15) is 0 Å². The summed E-state index contributed by atoms with van der Waals surface area (Å²) in [6.45, 7) is 11.7. The Balaban J connectivity index is 1.66. The Kier molecular flexibility index (Phi) is 10.8. The maximum Gasteiger partial charge on any atom is 0.251 e. The number of carbonyl (C=O) groups excluding carboxylic acids is 1.